The van der Waals surface area contributed by atoms with Gasteiger partial charge in [0.15, 0.2) is 5.75 Å². The molecule has 0 saturated heterocycles. The normalized spacial score (nSPS) is 13.5. The van der Waals surface area contributed by atoms with E-state index in [9.17, 15) is 8.78 Å². The highest BCUT2D eigenvalue weighted by Gasteiger charge is 2.24. The summed E-state index contributed by atoms with van der Waals surface area (Å²) in [4.78, 5) is 11.7. The number of hydrogen-bond acceptors (Lipinski definition) is 6. The average Bonchev–Trinajstić information content (AvgIpc) is 3.39. The minimum atomic E-state index is -2.93. The van der Waals surface area contributed by atoms with Crippen molar-refractivity contribution >= 4 is 22.8 Å². The van der Waals surface area contributed by atoms with Crippen molar-refractivity contribution in [3.8, 4) is 11.6 Å². The van der Waals surface area contributed by atoms with Gasteiger partial charge in [-0.1, -0.05) is 18.2 Å². The third-order valence-corrected chi connectivity index (χ3v) is 5.09. The lowest BCUT2D eigenvalue weighted by atomic mass is 10.2. The molecular formula is C20H19F2N3O2S. The number of benzene rings is 1. The Morgan fingerprint density at radius 2 is 1.96 bits per heavy atom. The zero-order valence-electron chi connectivity index (χ0n) is 15.0. The molecule has 28 heavy (non-hydrogen) atoms. The van der Waals surface area contributed by atoms with Gasteiger partial charge in [0.1, 0.15) is 5.82 Å². The average molecular weight is 403 g/mol. The number of hydrogen-bond donors (Lipinski definition) is 0. The van der Waals surface area contributed by atoms with E-state index in [2.05, 4.69) is 14.7 Å². The lowest BCUT2D eigenvalue weighted by molar-refractivity contribution is -0.0519. The van der Waals surface area contributed by atoms with E-state index >= 15 is 0 Å². The van der Waals surface area contributed by atoms with Crippen molar-refractivity contribution in [3.05, 3.63) is 59.0 Å². The molecule has 3 aromatic rings. The molecule has 0 atom stereocenters. The molecule has 1 fully saturated rings. The molecule has 0 bridgehead atoms. The number of pyridine rings is 1. The van der Waals surface area contributed by atoms with Crippen LogP contribution in [-0.2, 0) is 6.54 Å². The standard InChI is InChI=1S/C20H19F2N3O2S/c21-20(22)27-17-8-9-18(24-19(17)26-12-14-6-7-14)25(11-16-10-23-13-28-16)15-4-2-1-3-5-15/h1-5,8-10,13-14,20H,6-7,11-12H2. The molecule has 0 amide bonds. The van der Waals surface area contributed by atoms with Crippen molar-refractivity contribution in [2.24, 2.45) is 5.92 Å². The molecule has 1 aromatic carbocycles. The van der Waals surface area contributed by atoms with Gasteiger partial charge in [0.25, 0.3) is 5.88 Å². The Kier molecular flexibility index (Phi) is 5.66. The number of alkyl halides is 2. The molecule has 146 valence electrons. The minimum Gasteiger partial charge on any atom is -0.475 e. The van der Waals surface area contributed by atoms with Gasteiger partial charge in [0, 0.05) is 16.8 Å². The summed E-state index contributed by atoms with van der Waals surface area (Å²) in [5, 5.41) is 0. The third kappa shape index (κ3) is 4.75. The van der Waals surface area contributed by atoms with Gasteiger partial charge >= 0.3 is 6.61 Å². The van der Waals surface area contributed by atoms with Gasteiger partial charge in [0.05, 0.1) is 18.7 Å². The summed E-state index contributed by atoms with van der Waals surface area (Å²) in [6.45, 7) is -1.92. The topological polar surface area (TPSA) is 47.5 Å². The summed E-state index contributed by atoms with van der Waals surface area (Å²) in [7, 11) is 0. The molecule has 5 nitrogen and oxygen atoms in total. The number of halogens is 2. The van der Waals surface area contributed by atoms with Crippen molar-refractivity contribution in [1.29, 1.82) is 0 Å². The first-order valence-electron chi connectivity index (χ1n) is 8.97. The van der Waals surface area contributed by atoms with Crippen LogP contribution in [0.1, 0.15) is 17.7 Å². The van der Waals surface area contributed by atoms with E-state index in [4.69, 9.17) is 4.74 Å². The molecule has 0 N–H and O–H groups in total. The number of rotatable bonds is 9. The predicted molar refractivity (Wildman–Crippen MR) is 103 cm³/mol. The van der Waals surface area contributed by atoms with Crippen LogP contribution < -0.4 is 14.4 Å². The molecule has 8 heteroatoms. The van der Waals surface area contributed by atoms with Crippen LogP contribution in [0.5, 0.6) is 11.6 Å². The van der Waals surface area contributed by atoms with Gasteiger partial charge < -0.3 is 14.4 Å². The Morgan fingerprint density at radius 1 is 1.14 bits per heavy atom. The van der Waals surface area contributed by atoms with Crippen LogP contribution in [0.3, 0.4) is 0 Å². The molecule has 1 saturated carbocycles. The second kappa shape index (κ2) is 8.52. The molecule has 0 unspecified atom stereocenters. The molecule has 0 spiro atoms. The molecule has 2 heterocycles. The van der Waals surface area contributed by atoms with Crippen LogP contribution in [0.15, 0.2) is 54.2 Å². The van der Waals surface area contributed by atoms with Crippen LogP contribution >= 0.6 is 11.3 Å². The van der Waals surface area contributed by atoms with Gasteiger partial charge in [-0.15, -0.1) is 11.3 Å². The number of nitrogens with zero attached hydrogens (tertiary/aromatic N) is 3. The van der Waals surface area contributed by atoms with E-state index in [1.165, 1.54) is 6.07 Å². The maximum atomic E-state index is 12.8. The third-order valence-electron chi connectivity index (χ3n) is 4.32. The zero-order valence-corrected chi connectivity index (χ0v) is 15.8. The Morgan fingerprint density at radius 3 is 2.64 bits per heavy atom. The van der Waals surface area contributed by atoms with E-state index in [-0.39, 0.29) is 11.6 Å². The summed E-state index contributed by atoms with van der Waals surface area (Å²) >= 11 is 1.54. The molecule has 0 radical (unpaired) electrons. The maximum Gasteiger partial charge on any atom is 0.387 e. The fraction of sp³-hybridized carbons (Fsp3) is 0.300. The van der Waals surface area contributed by atoms with Crippen molar-refractivity contribution < 1.29 is 18.3 Å². The Bertz CT molecular complexity index is 890. The monoisotopic (exact) mass is 403 g/mol. The SMILES string of the molecule is FC(F)Oc1ccc(N(Cc2cncs2)c2ccccc2)nc1OCC1CC1. The summed E-state index contributed by atoms with van der Waals surface area (Å²) in [5.74, 6) is 1.10. The number of anilines is 2. The van der Waals surface area contributed by atoms with Gasteiger partial charge in [-0.25, -0.2) is 0 Å². The van der Waals surface area contributed by atoms with Crippen LogP contribution in [0.25, 0.3) is 0 Å². The number of thiazole rings is 1. The Hall–Kier alpha value is -2.74. The summed E-state index contributed by atoms with van der Waals surface area (Å²) < 4.78 is 35.8. The fourth-order valence-corrected chi connectivity index (χ4v) is 3.31. The van der Waals surface area contributed by atoms with E-state index in [1.54, 1.807) is 29.1 Å². The van der Waals surface area contributed by atoms with Gasteiger partial charge in [-0.2, -0.15) is 13.8 Å². The number of para-hydroxylation sites is 1. The summed E-state index contributed by atoms with van der Waals surface area (Å²) in [6.07, 6.45) is 3.98. The van der Waals surface area contributed by atoms with E-state index in [0.29, 0.717) is 24.9 Å². The first-order valence-corrected chi connectivity index (χ1v) is 9.85. The van der Waals surface area contributed by atoms with Crippen molar-refractivity contribution in [3.63, 3.8) is 0 Å². The Balaban J connectivity index is 1.66. The predicted octanol–water partition coefficient (Wildman–Crippen LogP) is 5.27. The minimum absolute atomic E-state index is 0.0507. The highest BCUT2D eigenvalue weighted by atomic mass is 32.1. The molecule has 2 aromatic heterocycles. The second-order valence-corrected chi connectivity index (χ2v) is 7.47. The highest BCUT2D eigenvalue weighted by molar-refractivity contribution is 7.09. The Labute approximate surface area is 165 Å². The lowest BCUT2D eigenvalue weighted by Gasteiger charge is -2.24. The van der Waals surface area contributed by atoms with Crippen LogP contribution in [-0.4, -0.2) is 23.2 Å². The maximum absolute atomic E-state index is 12.8. The smallest absolute Gasteiger partial charge is 0.387 e. The van der Waals surface area contributed by atoms with Crippen molar-refractivity contribution in [2.45, 2.75) is 26.0 Å². The van der Waals surface area contributed by atoms with E-state index in [1.807, 2.05) is 35.2 Å². The molecule has 1 aliphatic carbocycles. The van der Waals surface area contributed by atoms with Crippen LogP contribution in [0.4, 0.5) is 20.3 Å². The molecule has 0 aliphatic heterocycles. The van der Waals surface area contributed by atoms with Gasteiger partial charge in [-0.05, 0) is 43.0 Å². The molecule has 4 rings (SSSR count). The summed E-state index contributed by atoms with van der Waals surface area (Å²) in [6, 6.07) is 12.9. The fourth-order valence-electron chi connectivity index (χ4n) is 2.73. The van der Waals surface area contributed by atoms with Crippen LogP contribution in [0, 0.1) is 5.92 Å². The van der Waals surface area contributed by atoms with Crippen LogP contribution in [0.2, 0.25) is 0 Å². The van der Waals surface area contributed by atoms with Gasteiger partial charge in [-0.3, -0.25) is 4.98 Å². The van der Waals surface area contributed by atoms with Gasteiger partial charge in [0.2, 0.25) is 0 Å². The largest absolute Gasteiger partial charge is 0.475 e. The second-order valence-electron chi connectivity index (χ2n) is 6.50. The quantitative estimate of drug-likeness (QED) is 0.487. The number of aromatic nitrogens is 2. The van der Waals surface area contributed by atoms with Crippen molar-refractivity contribution in [1.82, 2.24) is 9.97 Å². The van der Waals surface area contributed by atoms with E-state index < -0.39 is 6.61 Å². The highest BCUT2D eigenvalue weighted by Crippen LogP contribution is 2.35. The molecule has 1 aliphatic rings. The van der Waals surface area contributed by atoms with Crippen molar-refractivity contribution in [2.75, 3.05) is 11.5 Å². The zero-order chi connectivity index (χ0) is 19.3. The number of ether oxygens (including phenoxy) is 2. The van der Waals surface area contributed by atoms with E-state index in [0.717, 1.165) is 23.4 Å². The lowest BCUT2D eigenvalue weighted by Crippen LogP contribution is -2.18. The summed E-state index contributed by atoms with van der Waals surface area (Å²) in [5.41, 5.74) is 2.70. The molecular weight excluding hydrogens is 384 g/mol. The first-order chi connectivity index (χ1) is 13.7. The first kappa shape index (κ1) is 18.6.